The van der Waals surface area contributed by atoms with E-state index in [9.17, 15) is 9.59 Å². The molecule has 1 aromatic heterocycles. The highest BCUT2D eigenvalue weighted by atomic mass is 16.5. The van der Waals surface area contributed by atoms with Crippen molar-refractivity contribution in [3.05, 3.63) is 69.5 Å². The summed E-state index contributed by atoms with van der Waals surface area (Å²) in [5.74, 6) is 0.479. The smallest absolute Gasteiger partial charge is 0.257 e. The molecule has 0 unspecified atom stereocenters. The summed E-state index contributed by atoms with van der Waals surface area (Å²) >= 11 is 0. The van der Waals surface area contributed by atoms with Crippen LogP contribution in [0.2, 0.25) is 0 Å². The zero-order valence-electron chi connectivity index (χ0n) is 13.9. The molecule has 1 aliphatic rings. The molecule has 1 amide bonds. The monoisotopic (exact) mass is 334 g/mol. The first-order chi connectivity index (χ1) is 12.2. The Hall–Kier alpha value is -3.08. The maximum Gasteiger partial charge on any atom is 0.257 e. The van der Waals surface area contributed by atoms with E-state index in [1.165, 1.54) is 0 Å². The number of methoxy groups -OCH3 is 1. The number of para-hydroxylation sites is 1. The number of fused-ring (bicyclic) bond motifs is 2. The molecule has 0 radical (unpaired) electrons. The van der Waals surface area contributed by atoms with Crippen LogP contribution >= 0.6 is 0 Å². The maximum absolute atomic E-state index is 12.7. The number of aryl methyl sites for hydroxylation is 1. The van der Waals surface area contributed by atoms with Crippen LogP contribution in [-0.2, 0) is 12.8 Å². The standard InChI is InChI=1S/C20H18N2O3/c1-25-13-10-8-12(9-11-13)21-20(24)16-6-2-5-15-18(16)22-17-7-3-4-14(17)19(15)23/h2,5-6,8-11H,3-4,7H2,1H3,(H,21,24)(H,22,23). The molecule has 3 aromatic rings. The summed E-state index contributed by atoms with van der Waals surface area (Å²) in [4.78, 5) is 28.7. The number of pyridine rings is 1. The van der Waals surface area contributed by atoms with Crippen LogP contribution in [-0.4, -0.2) is 18.0 Å². The van der Waals surface area contributed by atoms with Gasteiger partial charge in [0.15, 0.2) is 5.43 Å². The van der Waals surface area contributed by atoms with E-state index < -0.39 is 0 Å². The molecule has 0 aliphatic heterocycles. The number of carbonyl (C=O) groups excluding carboxylic acids is 1. The molecule has 0 fully saturated rings. The van der Waals surface area contributed by atoms with Crippen LogP contribution in [0.4, 0.5) is 5.69 Å². The second-order valence-electron chi connectivity index (χ2n) is 6.18. The number of aromatic nitrogens is 1. The third-order valence-electron chi connectivity index (χ3n) is 4.67. The average molecular weight is 334 g/mol. The molecule has 0 atom stereocenters. The molecule has 0 saturated heterocycles. The number of aromatic amines is 1. The second-order valence-corrected chi connectivity index (χ2v) is 6.18. The normalized spacial score (nSPS) is 12.8. The third kappa shape index (κ3) is 2.67. The van der Waals surface area contributed by atoms with Gasteiger partial charge in [-0.2, -0.15) is 0 Å². The zero-order chi connectivity index (χ0) is 17.4. The highest BCUT2D eigenvalue weighted by Gasteiger charge is 2.20. The minimum atomic E-state index is -0.246. The number of rotatable bonds is 3. The Morgan fingerprint density at radius 3 is 2.68 bits per heavy atom. The Labute approximate surface area is 144 Å². The number of ether oxygens (including phenoxy) is 1. The predicted octanol–water partition coefficient (Wildman–Crippen LogP) is 3.28. The quantitative estimate of drug-likeness (QED) is 0.772. The van der Waals surface area contributed by atoms with Gasteiger partial charge in [-0.15, -0.1) is 0 Å². The first kappa shape index (κ1) is 15.4. The summed E-state index contributed by atoms with van der Waals surface area (Å²) in [6.45, 7) is 0. The summed E-state index contributed by atoms with van der Waals surface area (Å²) < 4.78 is 5.12. The van der Waals surface area contributed by atoms with Gasteiger partial charge in [-0.3, -0.25) is 9.59 Å². The molecular weight excluding hydrogens is 316 g/mol. The average Bonchev–Trinajstić information content (AvgIpc) is 3.11. The van der Waals surface area contributed by atoms with E-state index in [2.05, 4.69) is 10.3 Å². The van der Waals surface area contributed by atoms with Crippen molar-refractivity contribution in [1.82, 2.24) is 4.98 Å². The Balaban J connectivity index is 1.74. The molecule has 2 aromatic carbocycles. The van der Waals surface area contributed by atoms with Crippen molar-refractivity contribution < 1.29 is 9.53 Å². The molecule has 5 heteroatoms. The molecule has 25 heavy (non-hydrogen) atoms. The summed E-state index contributed by atoms with van der Waals surface area (Å²) in [7, 11) is 1.60. The number of carbonyl (C=O) groups is 1. The van der Waals surface area contributed by atoms with Crippen LogP contribution in [0.25, 0.3) is 10.9 Å². The fourth-order valence-corrected chi connectivity index (χ4v) is 3.38. The lowest BCUT2D eigenvalue weighted by Gasteiger charge is -2.10. The van der Waals surface area contributed by atoms with Gasteiger partial charge in [-0.05, 0) is 55.7 Å². The SMILES string of the molecule is COc1ccc(NC(=O)c2cccc3c(=O)c4c([nH]c23)CCC4)cc1. The number of benzene rings is 2. The van der Waals surface area contributed by atoms with Gasteiger partial charge in [-0.1, -0.05) is 6.07 Å². The minimum absolute atomic E-state index is 0.0420. The van der Waals surface area contributed by atoms with Crippen LogP contribution in [0.5, 0.6) is 5.75 Å². The highest BCUT2D eigenvalue weighted by molar-refractivity contribution is 6.11. The van der Waals surface area contributed by atoms with Gasteiger partial charge in [-0.25, -0.2) is 0 Å². The largest absolute Gasteiger partial charge is 0.497 e. The van der Waals surface area contributed by atoms with Gasteiger partial charge >= 0.3 is 0 Å². The lowest BCUT2D eigenvalue weighted by Crippen LogP contribution is -2.16. The van der Waals surface area contributed by atoms with Crippen molar-refractivity contribution >= 4 is 22.5 Å². The van der Waals surface area contributed by atoms with E-state index in [1.54, 1.807) is 49.6 Å². The van der Waals surface area contributed by atoms with Crippen LogP contribution in [0.3, 0.4) is 0 Å². The van der Waals surface area contributed by atoms with E-state index in [0.29, 0.717) is 22.2 Å². The molecule has 126 valence electrons. The number of hydrogen-bond donors (Lipinski definition) is 2. The van der Waals surface area contributed by atoms with Gasteiger partial charge in [0.1, 0.15) is 5.75 Å². The number of H-pyrrole nitrogens is 1. The molecule has 0 spiro atoms. The fraction of sp³-hybridized carbons (Fsp3) is 0.200. The molecule has 5 nitrogen and oxygen atoms in total. The Bertz CT molecular complexity index is 1020. The van der Waals surface area contributed by atoms with Crippen molar-refractivity contribution in [2.24, 2.45) is 0 Å². The summed E-state index contributed by atoms with van der Waals surface area (Å²) in [6.07, 6.45) is 2.64. The van der Waals surface area contributed by atoms with Crippen LogP contribution in [0.1, 0.15) is 28.0 Å². The van der Waals surface area contributed by atoms with Gasteiger partial charge in [0.05, 0.1) is 18.2 Å². The molecule has 1 heterocycles. The topological polar surface area (TPSA) is 71.2 Å². The Morgan fingerprint density at radius 2 is 1.92 bits per heavy atom. The number of hydrogen-bond acceptors (Lipinski definition) is 3. The summed E-state index contributed by atoms with van der Waals surface area (Å²) in [5, 5.41) is 3.44. The number of anilines is 1. The first-order valence-corrected chi connectivity index (χ1v) is 8.29. The van der Waals surface area contributed by atoms with Crippen molar-refractivity contribution in [3.8, 4) is 5.75 Å². The predicted molar refractivity (Wildman–Crippen MR) is 97.5 cm³/mol. The molecule has 0 saturated carbocycles. The lowest BCUT2D eigenvalue weighted by molar-refractivity contribution is 0.102. The number of amides is 1. The van der Waals surface area contributed by atoms with Crippen molar-refractivity contribution in [2.45, 2.75) is 19.3 Å². The summed E-state index contributed by atoms with van der Waals surface area (Å²) in [6, 6.07) is 12.4. The van der Waals surface area contributed by atoms with E-state index >= 15 is 0 Å². The van der Waals surface area contributed by atoms with Crippen LogP contribution in [0.15, 0.2) is 47.3 Å². The van der Waals surface area contributed by atoms with Gasteiger partial charge < -0.3 is 15.0 Å². The molecule has 0 bridgehead atoms. The Morgan fingerprint density at radius 1 is 1.12 bits per heavy atom. The van der Waals surface area contributed by atoms with E-state index in [0.717, 1.165) is 36.3 Å². The van der Waals surface area contributed by atoms with Gasteiger partial charge in [0.25, 0.3) is 5.91 Å². The minimum Gasteiger partial charge on any atom is -0.497 e. The number of nitrogens with one attached hydrogen (secondary N) is 2. The zero-order valence-corrected chi connectivity index (χ0v) is 13.9. The Kier molecular flexibility index (Phi) is 3.76. The first-order valence-electron chi connectivity index (χ1n) is 8.29. The van der Waals surface area contributed by atoms with Gasteiger partial charge in [0, 0.05) is 22.3 Å². The second kappa shape index (κ2) is 6.09. The van der Waals surface area contributed by atoms with Crippen LogP contribution < -0.4 is 15.5 Å². The molecule has 4 rings (SSSR count). The maximum atomic E-state index is 12.7. The van der Waals surface area contributed by atoms with Crippen molar-refractivity contribution in [1.29, 1.82) is 0 Å². The van der Waals surface area contributed by atoms with Gasteiger partial charge in [0.2, 0.25) is 0 Å². The fourth-order valence-electron chi connectivity index (χ4n) is 3.38. The van der Waals surface area contributed by atoms with Crippen LogP contribution in [0, 0.1) is 0 Å². The van der Waals surface area contributed by atoms with E-state index in [-0.39, 0.29) is 11.3 Å². The molecular formula is C20H18N2O3. The van der Waals surface area contributed by atoms with Crippen molar-refractivity contribution in [3.63, 3.8) is 0 Å². The lowest BCUT2D eigenvalue weighted by atomic mass is 10.1. The summed E-state index contributed by atoms with van der Waals surface area (Å²) in [5.41, 5.74) is 3.62. The molecule has 1 aliphatic carbocycles. The highest BCUT2D eigenvalue weighted by Crippen LogP contribution is 2.23. The van der Waals surface area contributed by atoms with E-state index in [1.807, 2.05) is 0 Å². The third-order valence-corrected chi connectivity index (χ3v) is 4.67. The van der Waals surface area contributed by atoms with Crippen molar-refractivity contribution in [2.75, 3.05) is 12.4 Å². The molecule has 2 N–H and O–H groups in total. The van der Waals surface area contributed by atoms with E-state index in [4.69, 9.17) is 4.74 Å².